The molecule has 104 valence electrons. The maximum Gasteiger partial charge on any atom is 0.161 e. The number of carbonyl (C=O) groups excluding carboxylic acids is 1. The van der Waals surface area contributed by atoms with Crippen molar-refractivity contribution in [2.24, 2.45) is 0 Å². The second-order valence-electron chi connectivity index (χ2n) is 4.68. The lowest BCUT2D eigenvalue weighted by Gasteiger charge is -2.27. The number of ether oxygens (including phenoxy) is 1. The molecule has 5 heteroatoms. The van der Waals surface area contributed by atoms with Gasteiger partial charge in [0.2, 0.25) is 0 Å². The Kier molecular flexibility index (Phi) is 4.76. The van der Waals surface area contributed by atoms with E-state index in [2.05, 4.69) is 10.2 Å². The standard InChI is InChI=1S/C14H20N2O3/c1-19-14-9-12(10-17)11(8-13(14)18)2-5-16-6-3-15-4-7-16/h8-10,15,18H,2-7H2,1H3. The fourth-order valence-corrected chi connectivity index (χ4v) is 2.33. The molecule has 0 unspecified atom stereocenters. The fraction of sp³-hybridized carbons (Fsp3) is 0.500. The number of methoxy groups -OCH3 is 1. The Bertz CT molecular complexity index is 443. The number of aromatic hydroxyl groups is 1. The van der Waals surface area contributed by atoms with Crippen LogP contribution in [0.5, 0.6) is 11.5 Å². The third-order valence-electron chi connectivity index (χ3n) is 3.47. The SMILES string of the molecule is COc1cc(C=O)c(CCN2CCNCC2)cc1O. The van der Waals surface area contributed by atoms with E-state index in [0.717, 1.165) is 51.0 Å². The third kappa shape index (κ3) is 3.45. The Morgan fingerprint density at radius 1 is 1.42 bits per heavy atom. The van der Waals surface area contributed by atoms with Crippen molar-refractivity contribution in [2.45, 2.75) is 6.42 Å². The van der Waals surface area contributed by atoms with Gasteiger partial charge in [-0.05, 0) is 24.1 Å². The van der Waals surface area contributed by atoms with E-state index < -0.39 is 0 Å². The molecule has 0 amide bonds. The molecule has 0 spiro atoms. The van der Waals surface area contributed by atoms with Crippen LogP contribution in [0.4, 0.5) is 0 Å². The van der Waals surface area contributed by atoms with Crippen LogP contribution in [0.15, 0.2) is 12.1 Å². The topological polar surface area (TPSA) is 61.8 Å². The van der Waals surface area contributed by atoms with Crippen molar-refractivity contribution in [3.63, 3.8) is 0 Å². The zero-order valence-corrected chi connectivity index (χ0v) is 11.2. The Hall–Kier alpha value is -1.59. The number of carbonyl (C=O) groups is 1. The Morgan fingerprint density at radius 3 is 2.79 bits per heavy atom. The summed E-state index contributed by atoms with van der Waals surface area (Å²) in [5.74, 6) is 0.427. The lowest BCUT2D eigenvalue weighted by molar-refractivity contribution is 0.112. The third-order valence-corrected chi connectivity index (χ3v) is 3.47. The summed E-state index contributed by atoms with van der Waals surface area (Å²) >= 11 is 0. The van der Waals surface area contributed by atoms with Gasteiger partial charge < -0.3 is 20.1 Å². The number of nitrogens with zero attached hydrogens (tertiary/aromatic N) is 1. The highest BCUT2D eigenvalue weighted by molar-refractivity contribution is 5.79. The largest absolute Gasteiger partial charge is 0.504 e. The molecule has 1 saturated heterocycles. The molecule has 0 radical (unpaired) electrons. The number of rotatable bonds is 5. The normalized spacial score (nSPS) is 16.3. The Labute approximate surface area is 113 Å². The summed E-state index contributed by atoms with van der Waals surface area (Å²) in [7, 11) is 1.48. The summed E-state index contributed by atoms with van der Waals surface area (Å²) in [6, 6.07) is 3.22. The molecule has 1 aliphatic rings. The van der Waals surface area contributed by atoms with Gasteiger partial charge in [0.15, 0.2) is 11.5 Å². The molecular weight excluding hydrogens is 244 g/mol. The second kappa shape index (κ2) is 6.54. The van der Waals surface area contributed by atoms with Crippen LogP contribution in [0.3, 0.4) is 0 Å². The van der Waals surface area contributed by atoms with Gasteiger partial charge >= 0.3 is 0 Å². The van der Waals surface area contributed by atoms with Crippen molar-refractivity contribution in [2.75, 3.05) is 39.8 Å². The van der Waals surface area contributed by atoms with E-state index in [-0.39, 0.29) is 5.75 Å². The molecule has 2 rings (SSSR count). The number of hydrogen-bond acceptors (Lipinski definition) is 5. The predicted molar refractivity (Wildman–Crippen MR) is 73.1 cm³/mol. The minimum atomic E-state index is 0.0865. The molecule has 0 aromatic heterocycles. The van der Waals surface area contributed by atoms with Gasteiger partial charge in [0.25, 0.3) is 0 Å². The molecule has 5 nitrogen and oxygen atoms in total. The van der Waals surface area contributed by atoms with Gasteiger partial charge in [-0.3, -0.25) is 4.79 Å². The second-order valence-corrected chi connectivity index (χ2v) is 4.68. The highest BCUT2D eigenvalue weighted by Gasteiger charge is 2.13. The van der Waals surface area contributed by atoms with Crippen LogP contribution in [0.1, 0.15) is 15.9 Å². The number of phenols is 1. The van der Waals surface area contributed by atoms with Crippen LogP contribution in [0, 0.1) is 0 Å². The van der Waals surface area contributed by atoms with E-state index in [1.54, 1.807) is 12.1 Å². The first-order chi connectivity index (χ1) is 9.24. The number of nitrogens with one attached hydrogen (secondary N) is 1. The number of phenolic OH excluding ortho intramolecular Hbond substituents is 1. The van der Waals surface area contributed by atoms with Crippen molar-refractivity contribution in [3.8, 4) is 11.5 Å². The summed E-state index contributed by atoms with van der Waals surface area (Å²) < 4.78 is 5.01. The predicted octanol–water partition coefficient (Wildman–Crippen LogP) is 0.661. The minimum absolute atomic E-state index is 0.0865. The van der Waals surface area contributed by atoms with Crippen LogP contribution < -0.4 is 10.1 Å². The average molecular weight is 264 g/mol. The summed E-state index contributed by atoms with van der Waals surface area (Å²) in [6.07, 6.45) is 1.57. The first-order valence-corrected chi connectivity index (χ1v) is 6.52. The molecule has 0 bridgehead atoms. The van der Waals surface area contributed by atoms with Gasteiger partial charge in [0.1, 0.15) is 6.29 Å². The van der Waals surface area contributed by atoms with Crippen LogP contribution in [-0.2, 0) is 6.42 Å². The molecule has 1 aromatic rings. The summed E-state index contributed by atoms with van der Waals surface area (Å²) in [5.41, 5.74) is 1.46. The van der Waals surface area contributed by atoms with Gasteiger partial charge in [-0.15, -0.1) is 0 Å². The van der Waals surface area contributed by atoms with Crippen molar-refractivity contribution in [1.82, 2.24) is 10.2 Å². The molecule has 1 fully saturated rings. The highest BCUT2D eigenvalue weighted by Crippen LogP contribution is 2.29. The zero-order chi connectivity index (χ0) is 13.7. The molecule has 1 heterocycles. The monoisotopic (exact) mass is 264 g/mol. The molecule has 2 N–H and O–H groups in total. The first-order valence-electron chi connectivity index (χ1n) is 6.52. The van der Waals surface area contributed by atoms with Gasteiger partial charge in [-0.25, -0.2) is 0 Å². The number of hydrogen-bond donors (Lipinski definition) is 2. The van der Waals surface area contributed by atoms with Crippen LogP contribution in [-0.4, -0.2) is 56.1 Å². The van der Waals surface area contributed by atoms with E-state index in [0.29, 0.717) is 11.3 Å². The van der Waals surface area contributed by atoms with Crippen molar-refractivity contribution in [1.29, 1.82) is 0 Å². The first kappa shape index (κ1) is 13.8. The number of benzene rings is 1. The maximum absolute atomic E-state index is 11.1. The van der Waals surface area contributed by atoms with Crippen LogP contribution in [0.25, 0.3) is 0 Å². The van der Waals surface area contributed by atoms with Crippen LogP contribution >= 0.6 is 0 Å². The van der Waals surface area contributed by atoms with E-state index in [1.807, 2.05) is 0 Å². The Balaban J connectivity index is 2.06. The molecular formula is C14H20N2O3. The summed E-state index contributed by atoms with van der Waals surface area (Å²) in [6.45, 7) is 4.97. The average Bonchev–Trinajstić information content (AvgIpc) is 2.46. The van der Waals surface area contributed by atoms with E-state index in [1.165, 1.54) is 7.11 Å². The smallest absolute Gasteiger partial charge is 0.161 e. The Morgan fingerprint density at radius 2 is 2.16 bits per heavy atom. The van der Waals surface area contributed by atoms with Crippen molar-refractivity contribution >= 4 is 6.29 Å². The fourth-order valence-electron chi connectivity index (χ4n) is 2.33. The van der Waals surface area contributed by atoms with E-state index in [4.69, 9.17) is 4.74 Å². The summed E-state index contributed by atoms with van der Waals surface area (Å²) in [4.78, 5) is 13.5. The quantitative estimate of drug-likeness (QED) is 0.765. The molecule has 1 aliphatic heterocycles. The van der Waals surface area contributed by atoms with Gasteiger partial charge in [-0.2, -0.15) is 0 Å². The molecule has 0 atom stereocenters. The van der Waals surface area contributed by atoms with Crippen molar-refractivity contribution in [3.05, 3.63) is 23.3 Å². The lowest BCUT2D eigenvalue weighted by atomic mass is 10.0. The lowest BCUT2D eigenvalue weighted by Crippen LogP contribution is -2.44. The number of piperazine rings is 1. The van der Waals surface area contributed by atoms with Crippen molar-refractivity contribution < 1.29 is 14.6 Å². The molecule has 0 aliphatic carbocycles. The summed E-state index contributed by atoms with van der Waals surface area (Å²) in [5, 5.41) is 13.1. The molecule has 19 heavy (non-hydrogen) atoms. The molecule has 1 aromatic carbocycles. The number of aldehydes is 1. The molecule has 0 saturated carbocycles. The minimum Gasteiger partial charge on any atom is -0.504 e. The highest BCUT2D eigenvalue weighted by atomic mass is 16.5. The van der Waals surface area contributed by atoms with Crippen LogP contribution in [0.2, 0.25) is 0 Å². The van der Waals surface area contributed by atoms with Gasteiger partial charge in [0, 0.05) is 38.3 Å². The van der Waals surface area contributed by atoms with Gasteiger partial charge in [0.05, 0.1) is 7.11 Å². The van der Waals surface area contributed by atoms with E-state index in [9.17, 15) is 9.90 Å². The zero-order valence-electron chi connectivity index (χ0n) is 11.2. The van der Waals surface area contributed by atoms with Gasteiger partial charge in [-0.1, -0.05) is 0 Å². The van der Waals surface area contributed by atoms with E-state index >= 15 is 0 Å². The maximum atomic E-state index is 11.1.